The van der Waals surface area contributed by atoms with Gasteiger partial charge < -0.3 is 4.74 Å². The molecule has 0 saturated carbocycles. The highest BCUT2D eigenvalue weighted by atomic mass is 32.2. The van der Waals surface area contributed by atoms with Gasteiger partial charge in [-0.05, 0) is 13.5 Å². The van der Waals surface area contributed by atoms with E-state index in [0.717, 1.165) is 0 Å². The third-order valence-corrected chi connectivity index (χ3v) is 2.94. The van der Waals surface area contributed by atoms with E-state index >= 15 is 0 Å². The average Bonchev–Trinajstić information content (AvgIpc) is 2.00. The van der Waals surface area contributed by atoms with Crippen LogP contribution in [0.1, 0.15) is 13.3 Å². The summed E-state index contributed by atoms with van der Waals surface area (Å²) < 4.78 is 29.0. The molecule has 0 aromatic rings. The Kier molecular flexibility index (Phi) is 4.63. The molecular formula is C6H15NO3S. The molecule has 4 nitrogen and oxygen atoms in total. The first-order chi connectivity index (χ1) is 5.05. The Morgan fingerprint density at radius 3 is 2.36 bits per heavy atom. The van der Waals surface area contributed by atoms with Crippen LogP contribution >= 0.6 is 0 Å². The van der Waals surface area contributed by atoms with E-state index < -0.39 is 10.0 Å². The first-order valence-corrected chi connectivity index (χ1v) is 5.15. The standard InChI is InChI=1S/C6H15NO3S/c1-4-6(10-3)5-11(8,9)7-2/h6-7H,4-5H2,1-3H3. The van der Waals surface area contributed by atoms with Crippen LogP contribution in [0.3, 0.4) is 0 Å². The second-order valence-corrected chi connectivity index (χ2v) is 4.22. The molecule has 0 fully saturated rings. The van der Waals surface area contributed by atoms with Gasteiger partial charge in [0.15, 0.2) is 0 Å². The topological polar surface area (TPSA) is 55.4 Å². The molecule has 0 bridgehead atoms. The van der Waals surface area contributed by atoms with E-state index in [1.54, 1.807) is 0 Å². The fraction of sp³-hybridized carbons (Fsp3) is 1.00. The lowest BCUT2D eigenvalue weighted by molar-refractivity contribution is 0.117. The molecule has 0 aromatic heterocycles. The maximum absolute atomic E-state index is 10.9. The fourth-order valence-electron chi connectivity index (χ4n) is 0.681. The van der Waals surface area contributed by atoms with Gasteiger partial charge in [-0.2, -0.15) is 0 Å². The summed E-state index contributed by atoms with van der Waals surface area (Å²) in [5, 5.41) is 0. The minimum atomic E-state index is -3.12. The Labute approximate surface area is 68.0 Å². The van der Waals surface area contributed by atoms with E-state index in [1.807, 2.05) is 6.92 Å². The highest BCUT2D eigenvalue weighted by Crippen LogP contribution is 1.99. The number of sulfonamides is 1. The number of rotatable bonds is 5. The van der Waals surface area contributed by atoms with Crippen molar-refractivity contribution in [2.75, 3.05) is 19.9 Å². The smallest absolute Gasteiger partial charge is 0.213 e. The number of nitrogens with one attached hydrogen (secondary N) is 1. The third-order valence-electron chi connectivity index (χ3n) is 1.50. The molecule has 0 saturated heterocycles. The minimum absolute atomic E-state index is 0.0382. The molecule has 1 atom stereocenters. The van der Waals surface area contributed by atoms with Gasteiger partial charge in [-0.3, -0.25) is 0 Å². The molecule has 68 valence electrons. The zero-order valence-electron chi connectivity index (χ0n) is 7.12. The van der Waals surface area contributed by atoms with Crippen LogP contribution in [0.2, 0.25) is 0 Å². The van der Waals surface area contributed by atoms with Gasteiger partial charge in [0.05, 0.1) is 11.9 Å². The molecule has 0 spiro atoms. The fourth-order valence-corrected chi connectivity index (χ4v) is 1.71. The van der Waals surface area contributed by atoms with Gasteiger partial charge in [-0.1, -0.05) is 6.92 Å². The average molecular weight is 181 g/mol. The molecule has 0 aliphatic heterocycles. The highest BCUT2D eigenvalue weighted by molar-refractivity contribution is 7.89. The monoisotopic (exact) mass is 181 g/mol. The molecule has 1 unspecified atom stereocenters. The van der Waals surface area contributed by atoms with Crippen molar-refractivity contribution in [3.05, 3.63) is 0 Å². The number of methoxy groups -OCH3 is 1. The molecule has 1 N–H and O–H groups in total. The molecule has 0 aliphatic rings. The second kappa shape index (κ2) is 4.69. The molecule has 0 amide bonds. The summed E-state index contributed by atoms with van der Waals surface area (Å²) in [6.45, 7) is 1.89. The minimum Gasteiger partial charge on any atom is -0.380 e. The number of hydrogen-bond acceptors (Lipinski definition) is 3. The normalized spacial score (nSPS) is 14.8. The van der Waals surface area contributed by atoms with Gasteiger partial charge in [0.2, 0.25) is 10.0 Å². The Hall–Kier alpha value is -0.130. The summed E-state index contributed by atoms with van der Waals surface area (Å²) in [5.74, 6) is 0.0382. The molecule has 0 aliphatic carbocycles. The molecule has 11 heavy (non-hydrogen) atoms. The number of hydrogen-bond donors (Lipinski definition) is 1. The summed E-state index contributed by atoms with van der Waals surface area (Å²) >= 11 is 0. The maximum Gasteiger partial charge on any atom is 0.213 e. The zero-order valence-corrected chi connectivity index (χ0v) is 7.94. The van der Waals surface area contributed by atoms with Gasteiger partial charge in [0.25, 0.3) is 0 Å². The predicted octanol–water partition coefficient (Wildman–Crippen LogP) is -0.0394. The quantitative estimate of drug-likeness (QED) is 0.647. The van der Waals surface area contributed by atoms with E-state index in [4.69, 9.17) is 4.74 Å². The largest absolute Gasteiger partial charge is 0.380 e. The van der Waals surface area contributed by atoms with E-state index in [0.29, 0.717) is 6.42 Å². The van der Waals surface area contributed by atoms with Crippen LogP contribution in [-0.2, 0) is 14.8 Å². The van der Waals surface area contributed by atoms with Crippen molar-refractivity contribution in [1.82, 2.24) is 4.72 Å². The van der Waals surface area contributed by atoms with Crippen LogP contribution in [-0.4, -0.2) is 34.4 Å². The summed E-state index contributed by atoms with van der Waals surface area (Å²) in [4.78, 5) is 0. The molecule has 0 rings (SSSR count). The maximum atomic E-state index is 10.9. The van der Waals surface area contributed by atoms with Crippen molar-refractivity contribution >= 4 is 10.0 Å². The van der Waals surface area contributed by atoms with Gasteiger partial charge in [0.1, 0.15) is 0 Å². The van der Waals surface area contributed by atoms with Crippen LogP contribution in [0.15, 0.2) is 0 Å². The van der Waals surface area contributed by atoms with E-state index in [-0.39, 0.29) is 11.9 Å². The first kappa shape index (κ1) is 10.9. The summed E-state index contributed by atoms with van der Waals surface area (Å²) in [6.07, 6.45) is 0.504. The van der Waals surface area contributed by atoms with Crippen molar-refractivity contribution in [3.63, 3.8) is 0 Å². The summed E-state index contributed by atoms with van der Waals surface area (Å²) in [5.41, 5.74) is 0. The molecule has 0 radical (unpaired) electrons. The molecule has 0 heterocycles. The Morgan fingerprint density at radius 1 is 1.55 bits per heavy atom. The van der Waals surface area contributed by atoms with Crippen LogP contribution in [0.5, 0.6) is 0 Å². The Morgan fingerprint density at radius 2 is 2.09 bits per heavy atom. The van der Waals surface area contributed by atoms with Crippen molar-refractivity contribution < 1.29 is 13.2 Å². The summed E-state index contributed by atoms with van der Waals surface area (Å²) in [6, 6.07) is 0. The second-order valence-electron chi connectivity index (χ2n) is 2.25. The van der Waals surface area contributed by atoms with Crippen molar-refractivity contribution in [2.45, 2.75) is 19.4 Å². The molecular weight excluding hydrogens is 166 g/mol. The third kappa shape index (κ3) is 4.34. The van der Waals surface area contributed by atoms with E-state index in [1.165, 1.54) is 14.2 Å². The van der Waals surface area contributed by atoms with Gasteiger partial charge in [-0.15, -0.1) is 0 Å². The lowest BCUT2D eigenvalue weighted by Crippen LogP contribution is -2.30. The molecule has 5 heteroatoms. The lowest BCUT2D eigenvalue weighted by Gasteiger charge is -2.11. The Bertz CT molecular complexity index is 184. The van der Waals surface area contributed by atoms with Crippen molar-refractivity contribution in [1.29, 1.82) is 0 Å². The van der Waals surface area contributed by atoms with Crippen LogP contribution < -0.4 is 4.72 Å². The van der Waals surface area contributed by atoms with Crippen LogP contribution in [0.25, 0.3) is 0 Å². The summed E-state index contributed by atoms with van der Waals surface area (Å²) in [7, 11) is -0.204. The van der Waals surface area contributed by atoms with Gasteiger partial charge in [-0.25, -0.2) is 13.1 Å². The Balaban J connectivity index is 4.01. The van der Waals surface area contributed by atoms with Crippen molar-refractivity contribution in [2.24, 2.45) is 0 Å². The zero-order chi connectivity index (χ0) is 8.91. The molecule has 0 aromatic carbocycles. The lowest BCUT2D eigenvalue weighted by atomic mass is 10.3. The van der Waals surface area contributed by atoms with Gasteiger partial charge >= 0.3 is 0 Å². The van der Waals surface area contributed by atoms with Gasteiger partial charge in [0, 0.05) is 7.11 Å². The van der Waals surface area contributed by atoms with Crippen LogP contribution in [0.4, 0.5) is 0 Å². The van der Waals surface area contributed by atoms with Crippen molar-refractivity contribution in [3.8, 4) is 0 Å². The SMILES string of the molecule is CCC(CS(=O)(=O)NC)OC. The first-order valence-electron chi connectivity index (χ1n) is 3.49. The number of ether oxygens (including phenoxy) is 1. The van der Waals surface area contributed by atoms with Crippen LogP contribution in [0, 0.1) is 0 Å². The predicted molar refractivity (Wildman–Crippen MR) is 43.9 cm³/mol. The van der Waals surface area contributed by atoms with E-state index in [9.17, 15) is 8.42 Å². The van der Waals surface area contributed by atoms with E-state index in [2.05, 4.69) is 4.72 Å². The highest BCUT2D eigenvalue weighted by Gasteiger charge is 2.14.